The van der Waals surface area contributed by atoms with Crippen molar-refractivity contribution in [2.75, 3.05) is 6.61 Å². The molecule has 0 saturated heterocycles. The average molecular weight is 183 g/mol. The number of aliphatic hydroxyl groups excluding tert-OH is 1. The minimum absolute atomic E-state index is 0.126. The van der Waals surface area contributed by atoms with Gasteiger partial charge in [-0.25, -0.2) is 0 Å². The Morgan fingerprint density at radius 2 is 1.62 bits per heavy atom. The molecule has 0 aromatic rings. The lowest BCUT2D eigenvalue weighted by Crippen LogP contribution is -2.49. The summed E-state index contributed by atoms with van der Waals surface area (Å²) in [6.45, 7) is 0.280. The highest BCUT2D eigenvalue weighted by molar-refractivity contribution is 5.81. The zero-order valence-electron chi connectivity index (χ0n) is 7.88. The molecular formula is C10H17NO2. The van der Waals surface area contributed by atoms with Crippen LogP contribution in [-0.2, 0) is 4.79 Å². The van der Waals surface area contributed by atoms with Crippen molar-refractivity contribution in [1.82, 2.24) is 0 Å². The molecule has 3 rings (SSSR count). The predicted octanol–water partition coefficient (Wildman–Crippen LogP) is 0.805. The molecule has 3 heteroatoms. The fraction of sp³-hybridized carbons (Fsp3) is 0.900. The standard InChI is InChI=1S/C10H17NO2/c11-8(13)10-4-1-9(7-12,2-5-10)3-6-10/h12H,1-7H2,(H2,11,13). The lowest BCUT2D eigenvalue weighted by molar-refractivity contribution is -0.138. The summed E-state index contributed by atoms with van der Waals surface area (Å²) < 4.78 is 0. The number of amides is 1. The summed E-state index contributed by atoms with van der Waals surface area (Å²) in [6, 6.07) is 0. The zero-order chi connectivity index (χ0) is 9.53. The fourth-order valence-electron chi connectivity index (χ4n) is 2.87. The van der Waals surface area contributed by atoms with Crippen LogP contribution in [0.25, 0.3) is 0 Å². The Labute approximate surface area is 78.3 Å². The van der Waals surface area contributed by atoms with Crippen molar-refractivity contribution in [3.63, 3.8) is 0 Å². The van der Waals surface area contributed by atoms with Gasteiger partial charge in [0.05, 0.1) is 0 Å². The lowest BCUT2D eigenvalue weighted by atomic mass is 9.54. The molecular weight excluding hydrogens is 166 g/mol. The molecule has 3 fully saturated rings. The molecule has 0 atom stereocenters. The van der Waals surface area contributed by atoms with Crippen LogP contribution in [0.15, 0.2) is 0 Å². The number of hydrogen-bond donors (Lipinski definition) is 2. The van der Waals surface area contributed by atoms with E-state index in [4.69, 9.17) is 5.73 Å². The third-order valence-electron chi connectivity index (χ3n) is 4.26. The minimum Gasteiger partial charge on any atom is -0.396 e. The largest absolute Gasteiger partial charge is 0.396 e. The minimum atomic E-state index is -0.211. The van der Waals surface area contributed by atoms with Gasteiger partial charge in [-0.3, -0.25) is 4.79 Å². The van der Waals surface area contributed by atoms with Crippen molar-refractivity contribution in [2.45, 2.75) is 38.5 Å². The number of fused-ring (bicyclic) bond motifs is 3. The van der Waals surface area contributed by atoms with Crippen molar-refractivity contribution < 1.29 is 9.90 Å². The Kier molecular flexibility index (Phi) is 1.88. The van der Waals surface area contributed by atoms with E-state index in [0.29, 0.717) is 0 Å². The van der Waals surface area contributed by atoms with Crippen molar-refractivity contribution in [3.05, 3.63) is 0 Å². The highest BCUT2D eigenvalue weighted by Gasteiger charge is 2.51. The molecule has 3 N–H and O–H groups in total. The quantitative estimate of drug-likeness (QED) is 0.665. The van der Waals surface area contributed by atoms with Gasteiger partial charge in [-0.05, 0) is 43.9 Å². The van der Waals surface area contributed by atoms with E-state index >= 15 is 0 Å². The second kappa shape index (κ2) is 2.71. The van der Waals surface area contributed by atoms with E-state index in [0.717, 1.165) is 38.5 Å². The Bertz CT molecular complexity index is 213. The molecule has 3 nitrogen and oxygen atoms in total. The average Bonchev–Trinajstić information content (AvgIpc) is 2.20. The molecule has 0 aromatic heterocycles. The Morgan fingerprint density at radius 1 is 1.15 bits per heavy atom. The van der Waals surface area contributed by atoms with Gasteiger partial charge in [0.15, 0.2) is 0 Å². The van der Waals surface area contributed by atoms with Gasteiger partial charge in [0.25, 0.3) is 0 Å². The first-order valence-electron chi connectivity index (χ1n) is 5.03. The number of carbonyl (C=O) groups is 1. The van der Waals surface area contributed by atoms with Crippen LogP contribution in [0, 0.1) is 10.8 Å². The smallest absolute Gasteiger partial charge is 0.223 e. The number of aliphatic hydroxyl groups is 1. The molecule has 0 aliphatic heterocycles. The molecule has 2 bridgehead atoms. The van der Waals surface area contributed by atoms with E-state index in [1.807, 2.05) is 0 Å². The van der Waals surface area contributed by atoms with Crippen molar-refractivity contribution >= 4 is 5.91 Å². The van der Waals surface area contributed by atoms with E-state index in [2.05, 4.69) is 0 Å². The third-order valence-corrected chi connectivity index (χ3v) is 4.26. The van der Waals surface area contributed by atoms with Gasteiger partial charge in [0.2, 0.25) is 5.91 Å². The molecule has 0 spiro atoms. The van der Waals surface area contributed by atoms with Crippen LogP contribution in [0.3, 0.4) is 0 Å². The summed E-state index contributed by atoms with van der Waals surface area (Å²) in [5, 5.41) is 9.27. The zero-order valence-corrected chi connectivity index (χ0v) is 7.88. The van der Waals surface area contributed by atoms with Gasteiger partial charge in [-0.1, -0.05) is 0 Å². The maximum absolute atomic E-state index is 11.3. The van der Waals surface area contributed by atoms with Gasteiger partial charge in [0, 0.05) is 12.0 Å². The van der Waals surface area contributed by atoms with E-state index in [1.165, 1.54) is 0 Å². The van der Waals surface area contributed by atoms with Crippen molar-refractivity contribution in [3.8, 4) is 0 Å². The van der Waals surface area contributed by atoms with Gasteiger partial charge in [-0.2, -0.15) is 0 Å². The van der Waals surface area contributed by atoms with Crippen LogP contribution in [0.2, 0.25) is 0 Å². The fourth-order valence-corrected chi connectivity index (χ4v) is 2.87. The normalized spacial score (nSPS) is 43.5. The number of rotatable bonds is 2. The summed E-state index contributed by atoms with van der Waals surface area (Å²) in [4.78, 5) is 11.3. The molecule has 3 saturated carbocycles. The van der Waals surface area contributed by atoms with Crippen LogP contribution in [0.1, 0.15) is 38.5 Å². The topological polar surface area (TPSA) is 63.3 Å². The van der Waals surface area contributed by atoms with Gasteiger partial charge >= 0.3 is 0 Å². The molecule has 0 aromatic carbocycles. The Morgan fingerprint density at radius 3 is 1.92 bits per heavy atom. The molecule has 3 aliphatic rings. The Hall–Kier alpha value is -0.570. The molecule has 3 aliphatic carbocycles. The highest BCUT2D eigenvalue weighted by Crippen LogP contribution is 2.56. The molecule has 13 heavy (non-hydrogen) atoms. The SMILES string of the molecule is NC(=O)C12CCC(CO)(CC1)CC2. The maximum Gasteiger partial charge on any atom is 0.223 e. The van der Waals surface area contributed by atoms with Crippen LogP contribution < -0.4 is 5.73 Å². The first-order valence-corrected chi connectivity index (χ1v) is 5.03. The monoisotopic (exact) mass is 183 g/mol. The second-order valence-corrected chi connectivity index (χ2v) is 4.80. The summed E-state index contributed by atoms with van der Waals surface area (Å²) in [6.07, 6.45) is 5.61. The van der Waals surface area contributed by atoms with Crippen molar-refractivity contribution in [2.24, 2.45) is 16.6 Å². The van der Waals surface area contributed by atoms with Crippen LogP contribution in [-0.4, -0.2) is 17.6 Å². The van der Waals surface area contributed by atoms with Crippen molar-refractivity contribution in [1.29, 1.82) is 0 Å². The van der Waals surface area contributed by atoms with Crippen LogP contribution >= 0.6 is 0 Å². The summed E-state index contributed by atoms with van der Waals surface area (Å²) in [5.74, 6) is -0.126. The Balaban J connectivity index is 2.16. The first kappa shape index (κ1) is 9.00. The highest BCUT2D eigenvalue weighted by atomic mass is 16.3. The molecule has 0 unspecified atom stereocenters. The van der Waals surface area contributed by atoms with Crippen LogP contribution in [0.5, 0.6) is 0 Å². The van der Waals surface area contributed by atoms with Crippen LogP contribution in [0.4, 0.5) is 0 Å². The van der Waals surface area contributed by atoms with E-state index in [1.54, 1.807) is 0 Å². The summed E-state index contributed by atoms with van der Waals surface area (Å²) in [5.41, 5.74) is 5.35. The van der Waals surface area contributed by atoms with E-state index < -0.39 is 0 Å². The van der Waals surface area contributed by atoms with Gasteiger partial charge < -0.3 is 10.8 Å². The molecule has 0 heterocycles. The summed E-state index contributed by atoms with van der Waals surface area (Å²) in [7, 11) is 0. The predicted molar refractivity (Wildman–Crippen MR) is 48.8 cm³/mol. The molecule has 0 radical (unpaired) electrons. The van der Waals surface area contributed by atoms with Gasteiger partial charge in [0.1, 0.15) is 0 Å². The maximum atomic E-state index is 11.3. The first-order chi connectivity index (χ1) is 6.13. The summed E-state index contributed by atoms with van der Waals surface area (Å²) >= 11 is 0. The van der Waals surface area contributed by atoms with E-state index in [-0.39, 0.29) is 23.3 Å². The van der Waals surface area contributed by atoms with Gasteiger partial charge in [-0.15, -0.1) is 0 Å². The van der Waals surface area contributed by atoms with E-state index in [9.17, 15) is 9.90 Å². The molecule has 74 valence electrons. The number of nitrogens with two attached hydrogens (primary N) is 1. The number of hydrogen-bond acceptors (Lipinski definition) is 2. The number of primary amides is 1. The lowest BCUT2D eigenvalue weighted by Gasteiger charge is -2.51. The third kappa shape index (κ3) is 1.17. The number of carbonyl (C=O) groups excluding carboxylic acids is 1. The molecule has 1 amide bonds. The second-order valence-electron chi connectivity index (χ2n) is 4.80.